The zero-order valence-corrected chi connectivity index (χ0v) is 10.1. The third-order valence-electron chi connectivity index (χ3n) is 1.48. The van der Waals surface area contributed by atoms with Crippen LogP contribution >= 0.6 is 31.9 Å². The van der Waals surface area contributed by atoms with Crippen LogP contribution in [0.25, 0.3) is 0 Å². The lowest BCUT2D eigenvalue weighted by Crippen LogP contribution is -2.36. The molecule has 76 valence electrons. The molecule has 0 saturated carbocycles. The van der Waals surface area contributed by atoms with Gasteiger partial charge in [-0.3, -0.25) is 15.0 Å². The number of hydrogen-bond donors (Lipinski definition) is 2. The molecular formula is C7H7Br2N3O2. The molecule has 0 aliphatic rings. The summed E-state index contributed by atoms with van der Waals surface area (Å²) in [5.74, 6) is 4.47. The summed E-state index contributed by atoms with van der Waals surface area (Å²) >= 11 is 6.29. The fraction of sp³-hybridized carbons (Fsp3) is 0.143. The first-order valence-electron chi connectivity index (χ1n) is 3.59. The summed E-state index contributed by atoms with van der Waals surface area (Å²) in [7, 11) is 0. The van der Waals surface area contributed by atoms with Crippen molar-refractivity contribution in [1.82, 2.24) is 9.99 Å². The second kappa shape index (κ2) is 4.72. The van der Waals surface area contributed by atoms with Crippen molar-refractivity contribution >= 4 is 37.8 Å². The first kappa shape index (κ1) is 11.4. The van der Waals surface area contributed by atoms with Gasteiger partial charge in [0, 0.05) is 10.7 Å². The number of nitrogens with zero attached hydrogens (tertiary/aromatic N) is 1. The number of halogens is 2. The Morgan fingerprint density at radius 1 is 1.57 bits per heavy atom. The van der Waals surface area contributed by atoms with Gasteiger partial charge in [-0.15, -0.1) is 0 Å². The van der Waals surface area contributed by atoms with Crippen LogP contribution in [-0.2, 0) is 11.3 Å². The van der Waals surface area contributed by atoms with Crippen LogP contribution in [-0.4, -0.2) is 10.5 Å². The van der Waals surface area contributed by atoms with Crippen molar-refractivity contribution in [1.29, 1.82) is 0 Å². The summed E-state index contributed by atoms with van der Waals surface area (Å²) in [6.07, 6.45) is 1.52. The van der Waals surface area contributed by atoms with Crippen molar-refractivity contribution in [3.8, 4) is 0 Å². The summed E-state index contributed by atoms with van der Waals surface area (Å²) in [5.41, 5.74) is 1.67. The highest BCUT2D eigenvalue weighted by Gasteiger charge is 2.06. The third kappa shape index (κ3) is 2.66. The Hall–Kier alpha value is -0.660. The van der Waals surface area contributed by atoms with Gasteiger partial charge in [-0.2, -0.15) is 0 Å². The van der Waals surface area contributed by atoms with Gasteiger partial charge < -0.3 is 4.57 Å². The predicted molar refractivity (Wildman–Crippen MR) is 58.4 cm³/mol. The molecule has 7 heteroatoms. The van der Waals surface area contributed by atoms with E-state index in [1.807, 2.05) is 5.43 Å². The van der Waals surface area contributed by atoms with Crippen LogP contribution in [0.3, 0.4) is 0 Å². The smallest absolute Gasteiger partial charge is 0.265 e. The minimum Gasteiger partial charge on any atom is -0.304 e. The average Bonchev–Trinajstić information content (AvgIpc) is 2.13. The largest absolute Gasteiger partial charge is 0.304 e. The fourth-order valence-corrected chi connectivity index (χ4v) is 2.14. The first-order valence-corrected chi connectivity index (χ1v) is 5.18. The number of hydrazine groups is 1. The summed E-state index contributed by atoms with van der Waals surface area (Å²) in [5, 5.41) is 0. The molecule has 3 N–H and O–H groups in total. The maximum Gasteiger partial charge on any atom is 0.265 e. The molecule has 0 aromatic carbocycles. The van der Waals surface area contributed by atoms with Crippen molar-refractivity contribution in [3.05, 3.63) is 31.6 Å². The molecule has 14 heavy (non-hydrogen) atoms. The van der Waals surface area contributed by atoms with Gasteiger partial charge in [0.15, 0.2) is 0 Å². The van der Waals surface area contributed by atoms with Crippen molar-refractivity contribution in [2.75, 3.05) is 0 Å². The molecule has 0 fully saturated rings. The maximum absolute atomic E-state index is 11.4. The Kier molecular flexibility index (Phi) is 3.85. The zero-order valence-electron chi connectivity index (χ0n) is 6.96. The number of rotatable bonds is 2. The Morgan fingerprint density at radius 2 is 2.21 bits per heavy atom. The molecule has 0 spiro atoms. The number of hydrogen-bond acceptors (Lipinski definition) is 3. The van der Waals surface area contributed by atoms with E-state index in [0.717, 1.165) is 0 Å². The van der Waals surface area contributed by atoms with Crippen LogP contribution in [0.4, 0.5) is 0 Å². The minimum atomic E-state index is -0.433. The molecule has 1 aromatic rings. The summed E-state index contributed by atoms with van der Waals surface area (Å²) in [4.78, 5) is 22.4. The zero-order chi connectivity index (χ0) is 10.7. The van der Waals surface area contributed by atoms with Gasteiger partial charge in [-0.25, -0.2) is 5.84 Å². The van der Waals surface area contributed by atoms with Crippen molar-refractivity contribution in [2.45, 2.75) is 6.54 Å². The number of aromatic nitrogens is 1. The van der Waals surface area contributed by atoms with E-state index in [1.54, 1.807) is 6.07 Å². The van der Waals surface area contributed by atoms with Crippen molar-refractivity contribution in [3.63, 3.8) is 0 Å². The van der Waals surface area contributed by atoms with Crippen molar-refractivity contribution < 1.29 is 4.79 Å². The molecule has 5 nitrogen and oxygen atoms in total. The molecule has 0 aliphatic carbocycles. The molecule has 1 amide bonds. The molecule has 0 aliphatic heterocycles. The third-order valence-corrected chi connectivity index (χ3v) is 2.49. The van der Waals surface area contributed by atoms with Crippen LogP contribution < -0.4 is 16.8 Å². The Labute approximate surface area is 96.5 Å². The lowest BCUT2D eigenvalue weighted by molar-refractivity contribution is -0.121. The number of amides is 1. The van der Waals surface area contributed by atoms with Crippen LogP contribution in [0.2, 0.25) is 0 Å². The first-order chi connectivity index (χ1) is 6.54. The van der Waals surface area contributed by atoms with Crippen LogP contribution in [0.1, 0.15) is 0 Å². The van der Waals surface area contributed by atoms with E-state index in [4.69, 9.17) is 5.84 Å². The highest BCUT2D eigenvalue weighted by atomic mass is 79.9. The normalized spacial score (nSPS) is 9.93. The Morgan fingerprint density at radius 3 is 2.79 bits per heavy atom. The van der Waals surface area contributed by atoms with Gasteiger partial charge >= 0.3 is 0 Å². The highest BCUT2D eigenvalue weighted by molar-refractivity contribution is 9.11. The van der Waals surface area contributed by atoms with Crippen LogP contribution in [0, 0.1) is 0 Å². The van der Waals surface area contributed by atoms with Gasteiger partial charge in [-0.05, 0) is 37.9 Å². The summed E-state index contributed by atoms with van der Waals surface area (Å²) < 4.78 is 2.33. The summed E-state index contributed by atoms with van der Waals surface area (Å²) in [6.45, 7) is -0.104. The van der Waals surface area contributed by atoms with E-state index in [2.05, 4.69) is 31.9 Å². The van der Waals surface area contributed by atoms with Gasteiger partial charge in [-0.1, -0.05) is 0 Å². The van der Waals surface area contributed by atoms with Gasteiger partial charge in [0.2, 0.25) is 0 Å². The monoisotopic (exact) mass is 323 g/mol. The maximum atomic E-state index is 11.4. The molecule has 1 heterocycles. The summed E-state index contributed by atoms with van der Waals surface area (Å²) in [6, 6.07) is 1.61. The molecular weight excluding hydrogens is 318 g/mol. The molecule has 1 rings (SSSR count). The molecule has 0 bridgehead atoms. The molecule has 0 unspecified atom stereocenters. The number of carbonyl (C=O) groups excluding carboxylic acids is 1. The lowest BCUT2D eigenvalue weighted by atomic mass is 10.4. The standard InChI is InChI=1S/C7H7Br2N3O2/c8-4-1-5(9)7(14)12(2-4)3-6(13)11-10/h1-2H,3,10H2,(H,11,13). The van der Waals surface area contributed by atoms with Gasteiger partial charge in [0.25, 0.3) is 11.5 Å². The number of nitrogens with one attached hydrogen (secondary N) is 1. The number of carbonyl (C=O) groups is 1. The minimum absolute atomic E-state index is 0.104. The molecule has 0 atom stereocenters. The van der Waals surface area contributed by atoms with Crippen LogP contribution in [0.15, 0.2) is 26.0 Å². The second-order valence-corrected chi connectivity index (χ2v) is 4.28. The second-order valence-electron chi connectivity index (χ2n) is 2.51. The Bertz CT molecular complexity index is 416. The number of pyridine rings is 1. The van der Waals surface area contributed by atoms with Crippen molar-refractivity contribution in [2.24, 2.45) is 5.84 Å². The van der Waals surface area contributed by atoms with E-state index in [-0.39, 0.29) is 12.1 Å². The van der Waals surface area contributed by atoms with Gasteiger partial charge in [0.05, 0.1) is 4.47 Å². The van der Waals surface area contributed by atoms with Crippen LogP contribution in [0.5, 0.6) is 0 Å². The fourth-order valence-electron chi connectivity index (χ4n) is 0.883. The van der Waals surface area contributed by atoms with E-state index in [9.17, 15) is 9.59 Å². The topological polar surface area (TPSA) is 77.1 Å². The molecule has 1 aromatic heterocycles. The SMILES string of the molecule is NNC(=O)Cn1cc(Br)cc(Br)c1=O. The quantitative estimate of drug-likeness (QED) is 0.468. The van der Waals surface area contributed by atoms with E-state index >= 15 is 0 Å². The van der Waals surface area contributed by atoms with E-state index in [0.29, 0.717) is 8.95 Å². The molecule has 0 saturated heterocycles. The average molecular weight is 325 g/mol. The molecule has 0 radical (unpaired) electrons. The van der Waals surface area contributed by atoms with Gasteiger partial charge in [0.1, 0.15) is 6.54 Å². The van der Waals surface area contributed by atoms with E-state index in [1.165, 1.54) is 10.8 Å². The highest BCUT2D eigenvalue weighted by Crippen LogP contribution is 2.12. The lowest BCUT2D eigenvalue weighted by Gasteiger charge is -2.05. The Balaban J connectivity index is 3.09. The number of nitrogens with two attached hydrogens (primary N) is 1. The van der Waals surface area contributed by atoms with E-state index < -0.39 is 5.91 Å². The predicted octanol–water partition coefficient (Wildman–Crippen LogP) is 0.363.